The minimum absolute atomic E-state index is 0.556. The largest absolute Gasteiger partial charge is 0.354 e. The van der Waals surface area contributed by atoms with Crippen molar-refractivity contribution in [1.82, 2.24) is 19.9 Å². The molecule has 75 heavy (non-hydrogen) atoms. The summed E-state index contributed by atoms with van der Waals surface area (Å²) < 4.78 is 0. The van der Waals surface area contributed by atoms with Crippen LogP contribution in [0.3, 0.4) is 0 Å². The van der Waals surface area contributed by atoms with Gasteiger partial charge in [0.1, 0.15) is 24.2 Å². The van der Waals surface area contributed by atoms with Crippen LogP contribution in [0.5, 0.6) is 0 Å². The third-order valence-electron chi connectivity index (χ3n) is 14.7. The molecule has 2 N–H and O–H groups in total. The second-order valence-electron chi connectivity index (χ2n) is 23.7. The summed E-state index contributed by atoms with van der Waals surface area (Å²) in [5, 5.41) is 0. The van der Waals surface area contributed by atoms with Gasteiger partial charge in [-0.1, -0.05) is 153 Å². The van der Waals surface area contributed by atoms with Gasteiger partial charge in [-0.25, -0.2) is 9.97 Å². The monoisotopic (exact) mass is 1030 g/mol. The average Bonchev–Trinajstić information content (AvgIpc) is 4.21. The second-order valence-corrected chi connectivity index (χ2v) is 38.7. The molecule has 2 aliphatic heterocycles. The molecule has 0 saturated carbocycles. The number of fused-ring (bicyclic) bond motifs is 8. The van der Waals surface area contributed by atoms with Crippen LogP contribution < -0.4 is 0 Å². The summed E-state index contributed by atoms with van der Waals surface area (Å²) in [6.45, 7) is 34.5. The summed E-state index contributed by atoms with van der Waals surface area (Å²) in [6, 6.07) is 39.6. The third-order valence-corrected chi connectivity index (χ3v) is 22.7. The first kappa shape index (κ1) is 52.7. The van der Waals surface area contributed by atoms with Crippen molar-refractivity contribution in [2.75, 3.05) is 0 Å². The molecule has 0 aliphatic carbocycles. The highest BCUT2D eigenvalue weighted by Crippen LogP contribution is 2.43. The van der Waals surface area contributed by atoms with Gasteiger partial charge in [-0.05, 0) is 156 Å². The fourth-order valence-electron chi connectivity index (χ4n) is 11.2. The van der Waals surface area contributed by atoms with Crippen LogP contribution in [0.25, 0.3) is 90.9 Å². The molecular weight excluding hydrogens is 957 g/mol. The number of aromatic nitrogens is 4. The first-order chi connectivity index (χ1) is 35.6. The van der Waals surface area contributed by atoms with Crippen LogP contribution in [0.15, 0.2) is 109 Å². The minimum atomic E-state index is -1.93. The number of benzene rings is 4. The normalized spacial score (nSPS) is 12.4. The fraction of sp³-hybridized carbons (Fsp3) is 0.265. The summed E-state index contributed by atoms with van der Waals surface area (Å²) in [7, 11) is -5.07. The fourth-order valence-corrected chi connectivity index (χ4v) is 17.5. The van der Waals surface area contributed by atoms with E-state index >= 15 is 0 Å². The van der Waals surface area contributed by atoms with E-state index in [-0.39, 0.29) is 0 Å². The van der Waals surface area contributed by atoms with Crippen LogP contribution in [0.4, 0.5) is 0 Å². The van der Waals surface area contributed by atoms with Crippen LogP contribution in [-0.2, 0) is 0 Å². The van der Waals surface area contributed by atoms with Crippen molar-refractivity contribution in [2.24, 2.45) is 0 Å². The van der Waals surface area contributed by atoms with Crippen molar-refractivity contribution in [3.63, 3.8) is 0 Å². The van der Waals surface area contributed by atoms with E-state index in [0.717, 1.165) is 106 Å². The predicted molar refractivity (Wildman–Crippen MR) is 333 cm³/mol. The Balaban J connectivity index is 1.37. The van der Waals surface area contributed by atoms with Crippen molar-refractivity contribution < 1.29 is 0 Å². The van der Waals surface area contributed by atoms with Gasteiger partial charge in [0.2, 0.25) is 0 Å². The molecule has 2 aliphatic rings. The van der Waals surface area contributed by atoms with Gasteiger partial charge in [0.25, 0.3) is 0 Å². The molecule has 8 bridgehead atoms. The van der Waals surface area contributed by atoms with Crippen molar-refractivity contribution >= 4 is 70.6 Å². The van der Waals surface area contributed by atoms with E-state index in [4.69, 9.17) is 9.97 Å². The van der Waals surface area contributed by atoms with Crippen LogP contribution in [-0.4, -0.2) is 44.2 Å². The van der Waals surface area contributed by atoms with Gasteiger partial charge in [-0.3, -0.25) is 0 Å². The van der Waals surface area contributed by atoms with Crippen molar-refractivity contribution in [2.45, 2.75) is 118 Å². The Bertz CT molecular complexity index is 3750. The molecule has 0 atom stereocenters. The van der Waals surface area contributed by atoms with Crippen molar-refractivity contribution in [3.8, 4) is 78.9 Å². The Morgan fingerprint density at radius 2 is 0.680 bits per heavy atom. The molecular formula is C68H72N4Si3. The van der Waals surface area contributed by atoms with E-state index in [1.807, 2.05) is 0 Å². The number of H-pyrrole nitrogens is 2. The molecule has 5 heterocycles. The lowest BCUT2D eigenvalue weighted by Gasteiger charge is -2.38. The Hall–Kier alpha value is -7.19. The first-order valence-electron chi connectivity index (χ1n) is 26.7. The Morgan fingerprint density at radius 1 is 0.373 bits per heavy atom. The number of hydrogen-bond donors (Lipinski definition) is 2. The SMILES string of the molecule is Cc1cc(C)c(-c2c3nc(c(-c4ccc(C#C[Si](C)(C)C)cc4)c4ccc([nH]4)c(-c4ccc(C#C[Si](C)(C)C)cc4)c4ccc([nH]4)c(-c4ccc(C#C[Si](C(C)C)(C(C)C)C(C)C)cc4)c4nc2C=C4)C=C3)c(C)c1. The van der Waals surface area contributed by atoms with Crippen molar-refractivity contribution in [3.05, 3.63) is 165 Å². The summed E-state index contributed by atoms with van der Waals surface area (Å²) in [6.07, 6.45) is 8.71. The van der Waals surface area contributed by atoms with Gasteiger partial charge in [0.05, 0.1) is 22.8 Å². The number of hydrogen-bond acceptors (Lipinski definition) is 2. The smallest absolute Gasteiger partial charge is 0.146 e. The standard InChI is InChI=1S/C68H72N4Si3/c1-44(2)75(45(3)4,46(5)6)41-38-52-20-26-55(27-21-52)67-59-31-29-57(70-59)65(53-22-16-50(17-23-53)36-39-73(10,11)12)56-28-30-58(69-56)66(54-24-18-51(19-25-54)37-40-74(13,14)15)60-32-34-62(71-60)68(63-35-33-61(67)72-63)64-48(8)42-47(7)43-49(64)9/h16-35,42-46,69-70H,1-15H3. The zero-order valence-corrected chi connectivity index (χ0v) is 49.8. The molecule has 7 heteroatoms. The van der Waals surface area contributed by atoms with E-state index in [2.05, 4.69) is 279 Å². The zero-order chi connectivity index (χ0) is 53.6. The number of nitrogens with one attached hydrogen (secondary N) is 2. The van der Waals surface area contributed by atoms with E-state index < -0.39 is 24.2 Å². The van der Waals surface area contributed by atoms with Gasteiger partial charge in [0.15, 0.2) is 0 Å². The summed E-state index contributed by atoms with van der Waals surface area (Å²) in [5.41, 5.74) is 35.2. The van der Waals surface area contributed by atoms with E-state index in [9.17, 15) is 0 Å². The van der Waals surface area contributed by atoms with Crippen molar-refractivity contribution in [1.29, 1.82) is 0 Å². The van der Waals surface area contributed by atoms with E-state index in [1.54, 1.807) is 0 Å². The maximum absolute atomic E-state index is 5.63. The average molecular weight is 1030 g/mol. The molecule has 0 unspecified atom stereocenters. The molecule has 4 aromatic carbocycles. The third kappa shape index (κ3) is 11.1. The molecule has 4 nitrogen and oxygen atoms in total. The molecule has 0 saturated heterocycles. The van der Waals surface area contributed by atoms with Gasteiger partial charge in [-0.2, -0.15) is 0 Å². The topological polar surface area (TPSA) is 57.4 Å². The molecule has 9 rings (SSSR count). The van der Waals surface area contributed by atoms with Crippen LogP contribution in [0, 0.1) is 55.2 Å². The van der Waals surface area contributed by atoms with E-state index in [1.165, 1.54) is 16.7 Å². The summed E-state index contributed by atoms with van der Waals surface area (Å²) in [4.78, 5) is 19.2. The minimum Gasteiger partial charge on any atom is -0.354 e. The van der Waals surface area contributed by atoms with Gasteiger partial charge in [-0.15, -0.1) is 16.6 Å². The maximum atomic E-state index is 5.63. The van der Waals surface area contributed by atoms with Gasteiger partial charge in [0, 0.05) is 61.0 Å². The lowest BCUT2D eigenvalue weighted by molar-refractivity contribution is 0.838. The first-order valence-corrected chi connectivity index (χ1v) is 36.0. The van der Waals surface area contributed by atoms with E-state index in [0.29, 0.717) is 16.6 Å². The number of rotatable bonds is 7. The number of nitrogens with zero attached hydrogens (tertiary/aromatic N) is 2. The maximum Gasteiger partial charge on any atom is 0.146 e. The molecule has 0 radical (unpaired) electrons. The molecule has 0 fully saturated rings. The molecule has 7 aromatic rings. The van der Waals surface area contributed by atoms with Crippen LogP contribution in [0.2, 0.25) is 55.9 Å². The molecule has 0 amide bonds. The summed E-state index contributed by atoms with van der Waals surface area (Å²) in [5.74, 6) is 10.6. The number of aromatic amines is 2. The second kappa shape index (κ2) is 20.8. The predicted octanol–water partition coefficient (Wildman–Crippen LogP) is 18.3. The highest BCUT2D eigenvalue weighted by Gasteiger charge is 2.41. The summed E-state index contributed by atoms with van der Waals surface area (Å²) >= 11 is 0. The Morgan fingerprint density at radius 3 is 1.01 bits per heavy atom. The molecule has 376 valence electrons. The number of aryl methyl sites for hydroxylation is 3. The Labute approximate surface area is 450 Å². The molecule has 0 spiro atoms. The lowest BCUT2D eigenvalue weighted by atomic mass is 9.92. The molecule has 3 aromatic heterocycles. The van der Waals surface area contributed by atoms with Crippen LogP contribution >= 0.6 is 0 Å². The highest BCUT2D eigenvalue weighted by atomic mass is 28.3. The lowest BCUT2D eigenvalue weighted by Crippen LogP contribution is -2.43. The van der Waals surface area contributed by atoms with Gasteiger partial charge >= 0.3 is 0 Å². The Kier molecular flexibility index (Phi) is 14.6. The zero-order valence-electron chi connectivity index (χ0n) is 46.8. The van der Waals surface area contributed by atoms with Crippen LogP contribution in [0.1, 0.15) is 97.7 Å². The quantitative estimate of drug-likeness (QED) is 0.123. The highest BCUT2D eigenvalue weighted by molar-refractivity contribution is 6.90. The van der Waals surface area contributed by atoms with Gasteiger partial charge < -0.3 is 9.97 Å².